The van der Waals surface area contributed by atoms with Crippen LogP contribution in [0.2, 0.25) is 0 Å². The second kappa shape index (κ2) is 6.06. The molecule has 5 heteroatoms. The maximum absolute atomic E-state index is 13.7. The summed E-state index contributed by atoms with van der Waals surface area (Å²) in [5.41, 5.74) is 2.65. The molecule has 0 radical (unpaired) electrons. The highest BCUT2D eigenvalue weighted by atomic mass is 35.5. The van der Waals surface area contributed by atoms with Crippen molar-refractivity contribution in [3.8, 4) is 0 Å². The highest BCUT2D eigenvalue weighted by Crippen LogP contribution is 2.27. The molecule has 2 aromatic carbocycles. The predicted octanol–water partition coefficient (Wildman–Crippen LogP) is 4.99. The van der Waals surface area contributed by atoms with Crippen LogP contribution in [0.4, 0.5) is 20.2 Å². The van der Waals surface area contributed by atoms with E-state index in [4.69, 9.17) is 0 Å². The Bertz CT molecular complexity index is 790. The third kappa shape index (κ3) is 3.11. The molecule has 21 heavy (non-hydrogen) atoms. The van der Waals surface area contributed by atoms with Crippen molar-refractivity contribution in [3.63, 3.8) is 0 Å². The van der Waals surface area contributed by atoms with Crippen molar-refractivity contribution < 1.29 is 8.78 Å². The first-order chi connectivity index (χ1) is 9.63. The number of benzene rings is 2. The molecule has 0 unspecified atom stereocenters. The molecule has 0 aliphatic rings. The number of nitrogens with one attached hydrogen (secondary N) is 1. The van der Waals surface area contributed by atoms with Gasteiger partial charge in [0, 0.05) is 22.8 Å². The molecular formula is C16H13ClF2N2. The zero-order valence-electron chi connectivity index (χ0n) is 11.2. The minimum absolute atomic E-state index is 0. The summed E-state index contributed by atoms with van der Waals surface area (Å²) in [5.74, 6) is -1.22. The summed E-state index contributed by atoms with van der Waals surface area (Å²) in [6, 6.07) is 12.9. The van der Waals surface area contributed by atoms with Gasteiger partial charge in [0.15, 0.2) is 0 Å². The number of pyridine rings is 1. The molecule has 0 bridgehead atoms. The number of hydrogen-bond donors (Lipinski definition) is 1. The van der Waals surface area contributed by atoms with Crippen LogP contribution in [0.15, 0.2) is 48.5 Å². The minimum Gasteiger partial charge on any atom is -0.353 e. The fourth-order valence-electron chi connectivity index (χ4n) is 2.15. The van der Waals surface area contributed by atoms with E-state index in [1.54, 1.807) is 0 Å². The lowest BCUT2D eigenvalue weighted by atomic mass is 10.1. The van der Waals surface area contributed by atoms with E-state index in [1.807, 2.05) is 37.3 Å². The minimum atomic E-state index is -0.622. The summed E-state index contributed by atoms with van der Waals surface area (Å²) in [7, 11) is 0. The van der Waals surface area contributed by atoms with Crippen LogP contribution < -0.4 is 5.32 Å². The van der Waals surface area contributed by atoms with Crippen molar-refractivity contribution in [1.29, 1.82) is 0 Å². The highest BCUT2D eigenvalue weighted by Gasteiger charge is 2.07. The van der Waals surface area contributed by atoms with Crippen molar-refractivity contribution in [2.45, 2.75) is 6.92 Å². The first-order valence-electron chi connectivity index (χ1n) is 6.22. The van der Waals surface area contributed by atoms with E-state index in [9.17, 15) is 8.78 Å². The largest absolute Gasteiger partial charge is 0.353 e. The van der Waals surface area contributed by atoms with Crippen LogP contribution in [-0.4, -0.2) is 4.98 Å². The maximum atomic E-state index is 13.7. The van der Waals surface area contributed by atoms with Gasteiger partial charge in [0.1, 0.15) is 11.6 Å². The number of nitrogens with zero attached hydrogens (tertiary/aromatic N) is 1. The highest BCUT2D eigenvalue weighted by molar-refractivity contribution is 5.93. The van der Waals surface area contributed by atoms with Crippen molar-refractivity contribution in [1.82, 2.24) is 4.98 Å². The molecule has 1 heterocycles. The third-order valence-electron chi connectivity index (χ3n) is 3.04. The van der Waals surface area contributed by atoms with Gasteiger partial charge >= 0.3 is 0 Å². The van der Waals surface area contributed by atoms with E-state index in [0.717, 1.165) is 28.4 Å². The van der Waals surface area contributed by atoms with E-state index >= 15 is 0 Å². The van der Waals surface area contributed by atoms with Gasteiger partial charge in [0.2, 0.25) is 0 Å². The van der Waals surface area contributed by atoms with Gasteiger partial charge in [-0.3, -0.25) is 4.98 Å². The Morgan fingerprint density at radius 3 is 2.48 bits per heavy atom. The van der Waals surface area contributed by atoms with E-state index in [2.05, 4.69) is 10.3 Å². The van der Waals surface area contributed by atoms with E-state index in [1.165, 1.54) is 12.1 Å². The van der Waals surface area contributed by atoms with Crippen LogP contribution in [0.25, 0.3) is 10.9 Å². The van der Waals surface area contributed by atoms with Crippen LogP contribution in [0.5, 0.6) is 0 Å². The Morgan fingerprint density at radius 2 is 1.71 bits per heavy atom. The number of anilines is 2. The maximum Gasteiger partial charge on any atom is 0.149 e. The monoisotopic (exact) mass is 306 g/mol. The molecule has 0 atom stereocenters. The first kappa shape index (κ1) is 15.2. The molecule has 1 N–H and O–H groups in total. The van der Waals surface area contributed by atoms with Crippen molar-refractivity contribution in [3.05, 3.63) is 65.9 Å². The molecular weight excluding hydrogens is 294 g/mol. The fraction of sp³-hybridized carbons (Fsp3) is 0.0625. The Labute approximate surface area is 127 Å². The topological polar surface area (TPSA) is 24.9 Å². The van der Waals surface area contributed by atoms with Crippen molar-refractivity contribution in [2.75, 3.05) is 5.32 Å². The Balaban J connectivity index is 0.00000161. The van der Waals surface area contributed by atoms with Gasteiger partial charge in [-0.05, 0) is 31.2 Å². The molecule has 0 saturated heterocycles. The van der Waals surface area contributed by atoms with Crippen molar-refractivity contribution >= 4 is 34.7 Å². The van der Waals surface area contributed by atoms with Gasteiger partial charge in [-0.1, -0.05) is 18.2 Å². The van der Waals surface area contributed by atoms with Crippen LogP contribution in [0.3, 0.4) is 0 Å². The molecule has 0 spiro atoms. The summed E-state index contributed by atoms with van der Waals surface area (Å²) in [6.07, 6.45) is 0. The predicted molar refractivity (Wildman–Crippen MR) is 83.4 cm³/mol. The number of hydrogen-bond acceptors (Lipinski definition) is 2. The van der Waals surface area contributed by atoms with E-state index < -0.39 is 11.6 Å². The van der Waals surface area contributed by atoms with Crippen LogP contribution in [0.1, 0.15) is 5.69 Å². The lowest BCUT2D eigenvalue weighted by molar-refractivity contribution is 0.586. The second-order valence-corrected chi connectivity index (χ2v) is 4.58. The molecule has 0 saturated carbocycles. The summed E-state index contributed by atoms with van der Waals surface area (Å²) < 4.78 is 26.6. The standard InChI is InChI=1S/C16H12F2N2.ClH/c1-10-8-16(12-4-2-3-5-14(12)19-10)20-15-7-6-11(17)9-13(15)18;/h2-9H,1H3,(H,19,20);1H. The average molecular weight is 307 g/mol. The molecule has 108 valence electrons. The molecule has 0 amide bonds. The average Bonchev–Trinajstić information content (AvgIpc) is 2.41. The first-order valence-corrected chi connectivity index (χ1v) is 6.22. The summed E-state index contributed by atoms with van der Waals surface area (Å²) in [5, 5.41) is 3.89. The second-order valence-electron chi connectivity index (χ2n) is 4.58. The lowest BCUT2D eigenvalue weighted by Crippen LogP contribution is -1.97. The van der Waals surface area contributed by atoms with Gasteiger partial charge in [-0.2, -0.15) is 0 Å². The molecule has 3 rings (SSSR count). The van der Waals surface area contributed by atoms with Crippen LogP contribution >= 0.6 is 12.4 Å². The Morgan fingerprint density at radius 1 is 0.952 bits per heavy atom. The molecule has 0 fully saturated rings. The van der Waals surface area contributed by atoms with E-state index in [-0.39, 0.29) is 18.1 Å². The van der Waals surface area contributed by atoms with Gasteiger partial charge in [-0.25, -0.2) is 8.78 Å². The van der Waals surface area contributed by atoms with E-state index in [0.29, 0.717) is 0 Å². The van der Waals surface area contributed by atoms with Crippen LogP contribution in [0, 0.1) is 18.6 Å². The number of fused-ring (bicyclic) bond motifs is 1. The molecule has 1 aromatic heterocycles. The molecule has 0 aliphatic carbocycles. The number of aryl methyl sites for hydroxylation is 1. The SMILES string of the molecule is Cc1cc(Nc2ccc(F)cc2F)c2ccccc2n1.Cl. The number of rotatable bonds is 2. The fourth-order valence-corrected chi connectivity index (χ4v) is 2.15. The smallest absolute Gasteiger partial charge is 0.149 e. The van der Waals surface area contributed by atoms with Crippen LogP contribution in [-0.2, 0) is 0 Å². The summed E-state index contributed by atoms with van der Waals surface area (Å²) in [6.45, 7) is 1.87. The lowest BCUT2D eigenvalue weighted by Gasteiger charge is -2.11. The van der Waals surface area contributed by atoms with Crippen molar-refractivity contribution in [2.24, 2.45) is 0 Å². The van der Waals surface area contributed by atoms with Gasteiger partial charge in [0.05, 0.1) is 11.2 Å². The zero-order valence-corrected chi connectivity index (χ0v) is 12.0. The number of para-hydroxylation sites is 1. The Hall–Kier alpha value is -2.20. The number of aromatic nitrogens is 1. The molecule has 2 nitrogen and oxygen atoms in total. The zero-order chi connectivity index (χ0) is 14.1. The molecule has 0 aliphatic heterocycles. The molecule has 3 aromatic rings. The Kier molecular flexibility index (Phi) is 4.38. The normalized spacial score (nSPS) is 10.2. The summed E-state index contributed by atoms with van der Waals surface area (Å²) in [4.78, 5) is 4.42. The van der Waals surface area contributed by atoms with Gasteiger partial charge in [0.25, 0.3) is 0 Å². The number of halogens is 3. The third-order valence-corrected chi connectivity index (χ3v) is 3.04. The quantitative estimate of drug-likeness (QED) is 0.721. The summed E-state index contributed by atoms with van der Waals surface area (Å²) >= 11 is 0. The van der Waals surface area contributed by atoms with Gasteiger partial charge < -0.3 is 5.32 Å². The van der Waals surface area contributed by atoms with Gasteiger partial charge in [-0.15, -0.1) is 12.4 Å².